The van der Waals surface area contributed by atoms with Crippen LogP contribution in [-0.4, -0.2) is 54.0 Å². The number of benzene rings is 1. The lowest BCUT2D eigenvalue weighted by Crippen LogP contribution is -2.37. The highest BCUT2D eigenvalue weighted by Crippen LogP contribution is 2.22. The first-order valence-corrected chi connectivity index (χ1v) is 11.2. The second-order valence-corrected chi connectivity index (χ2v) is 8.33. The molecule has 172 valence electrons. The fourth-order valence-corrected chi connectivity index (χ4v) is 3.52. The Morgan fingerprint density at radius 3 is 2.73 bits per heavy atom. The van der Waals surface area contributed by atoms with Gasteiger partial charge in [0.25, 0.3) is 5.91 Å². The third-order valence-electron chi connectivity index (χ3n) is 5.27. The number of anilines is 1. The Hall–Kier alpha value is -3.52. The molecule has 1 aliphatic rings. The molecule has 8 nitrogen and oxygen atoms in total. The molecule has 1 aliphatic heterocycles. The highest BCUT2D eigenvalue weighted by Gasteiger charge is 2.17. The van der Waals surface area contributed by atoms with Crippen molar-refractivity contribution in [1.29, 1.82) is 0 Å². The molecule has 1 fully saturated rings. The van der Waals surface area contributed by atoms with Gasteiger partial charge < -0.3 is 19.7 Å². The molecule has 2 aromatic heterocycles. The molecule has 0 aliphatic carbocycles. The summed E-state index contributed by atoms with van der Waals surface area (Å²) in [5.41, 5.74) is 2.92. The zero-order chi connectivity index (χ0) is 23.0. The summed E-state index contributed by atoms with van der Waals surface area (Å²) in [6.07, 6.45) is 3.25. The molecule has 4 rings (SSSR count). The third kappa shape index (κ3) is 6.04. The van der Waals surface area contributed by atoms with Crippen LogP contribution in [0.15, 0.2) is 54.9 Å². The SMILES string of the molecule is CC(C)COc1ccc(-c2cc(C(=O)NCc3cccnc3N3CCOCC3)cnn2)cc1. The van der Waals surface area contributed by atoms with Gasteiger partial charge in [0.05, 0.1) is 37.3 Å². The van der Waals surface area contributed by atoms with Crippen molar-refractivity contribution in [3.8, 4) is 17.0 Å². The summed E-state index contributed by atoms with van der Waals surface area (Å²) in [5.74, 6) is 1.94. The number of rotatable bonds is 8. The van der Waals surface area contributed by atoms with Crippen molar-refractivity contribution < 1.29 is 14.3 Å². The number of aromatic nitrogens is 3. The molecule has 8 heteroatoms. The van der Waals surface area contributed by atoms with Crippen molar-refractivity contribution in [2.45, 2.75) is 20.4 Å². The second kappa shape index (κ2) is 10.9. The van der Waals surface area contributed by atoms with Crippen LogP contribution in [0.3, 0.4) is 0 Å². The molecule has 1 saturated heterocycles. The Bertz CT molecular complexity index is 1070. The zero-order valence-electron chi connectivity index (χ0n) is 19.0. The predicted molar refractivity (Wildman–Crippen MR) is 126 cm³/mol. The van der Waals surface area contributed by atoms with Gasteiger partial charge in [-0.1, -0.05) is 19.9 Å². The monoisotopic (exact) mass is 447 g/mol. The first-order chi connectivity index (χ1) is 16.1. The van der Waals surface area contributed by atoms with Crippen LogP contribution in [0.4, 0.5) is 5.82 Å². The molecular weight excluding hydrogens is 418 g/mol. The molecule has 3 heterocycles. The number of pyridine rings is 1. The number of amides is 1. The van der Waals surface area contributed by atoms with Gasteiger partial charge in [-0.2, -0.15) is 10.2 Å². The van der Waals surface area contributed by atoms with E-state index in [1.54, 1.807) is 12.3 Å². The summed E-state index contributed by atoms with van der Waals surface area (Å²) in [7, 11) is 0. The molecule has 33 heavy (non-hydrogen) atoms. The summed E-state index contributed by atoms with van der Waals surface area (Å²) in [6, 6.07) is 13.3. The standard InChI is InChI=1S/C25H29N5O3/c1-18(2)17-33-22-7-5-19(6-8-22)23-14-21(16-28-29-23)25(31)27-15-20-4-3-9-26-24(20)30-10-12-32-13-11-30/h3-9,14,16,18H,10-13,15,17H2,1-2H3,(H,27,31). The average Bonchev–Trinajstić information content (AvgIpc) is 2.87. The fraction of sp³-hybridized carbons (Fsp3) is 0.360. The van der Waals surface area contributed by atoms with Crippen LogP contribution in [0.25, 0.3) is 11.3 Å². The maximum Gasteiger partial charge on any atom is 0.253 e. The molecular formula is C25H29N5O3. The van der Waals surface area contributed by atoms with Gasteiger partial charge in [-0.15, -0.1) is 0 Å². The molecule has 1 N–H and O–H groups in total. The Labute approximate surface area is 194 Å². The molecule has 0 spiro atoms. The third-order valence-corrected chi connectivity index (χ3v) is 5.27. The Morgan fingerprint density at radius 2 is 1.97 bits per heavy atom. The van der Waals surface area contributed by atoms with E-state index in [0.717, 1.165) is 35.8 Å². The maximum absolute atomic E-state index is 12.8. The van der Waals surface area contributed by atoms with E-state index in [1.807, 2.05) is 36.4 Å². The van der Waals surface area contributed by atoms with Crippen LogP contribution in [0.1, 0.15) is 29.8 Å². The van der Waals surface area contributed by atoms with Gasteiger partial charge in [0, 0.05) is 37.0 Å². The number of ether oxygens (including phenoxy) is 2. The summed E-state index contributed by atoms with van der Waals surface area (Å²) in [4.78, 5) is 19.5. The number of hydrogen-bond donors (Lipinski definition) is 1. The number of nitrogens with one attached hydrogen (secondary N) is 1. The predicted octanol–water partition coefficient (Wildman–Crippen LogP) is 3.34. The number of hydrogen-bond acceptors (Lipinski definition) is 7. The molecule has 0 atom stereocenters. The normalized spacial score (nSPS) is 13.7. The molecule has 0 saturated carbocycles. The van der Waals surface area contributed by atoms with E-state index >= 15 is 0 Å². The van der Waals surface area contributed by atoms with Crippen LogP contribution in [0, 0.1) is 5.92 Å². The van der Waals surface area contributed by atoms with Gasteiger partial charge in [-0.3, -0.25) is 4.79 Å². The Balaban J connectivity index is 1.41. The second-order valence-electron chi connectivity index (χ2n) is 8.33. The van der Waals surface area contributed by atoms with Crippen molar-refractivity contribution >= 4 is 11.7 Å². The van der Waals surface area contributed by atoms with Crippen molar-refractivity contribution in [3.05, 3.63) is 66.0 Å². The van der Waals surface area contributed by atoms with Gasteiger partial charge in [0.15, 0.2) is 0 Å². The minimum absolute atomic E-state index is 0.209. The lowest BCUT2D eigenvalue weighted by Gasteiger charge is -2.29. The molecule has 0 radical (unpaired) electrons. The average molecular weight is 448 g/mol. The van der Waals surface area contributed by atoms with Crippen molar-refractivity contribution in [2.24, 2.45) is 5.92 Å². The van der Waals surface area contributed by atoms with Crippen molar-refractivity contribution in [2.75, 3.05) is 37.8 Å². The van der Waals surface area contributed by atoms with Gasteiger partial charge in [0.2, 0.25) is 0 Å². The maximum atomic E-state index is 12.8. The van der Waals surface area contributed by atoms with Crippen LogP contribution in [-0.2, 0) is 11.3 Å². The van der Waals surface area contributed by atoms with Crippen molar-refractivity contribution in [3.63, 3.8) is 0 Å². The van der Waals surface area contributed by atoms with Gasteiger partial charge in [-0.25, -0.2) is 4.98 Å². The topological polar surface area (TPSA) is 89.5 Å². The largest absolute Gasteiger partial charge is 0.493 e. The highest BCUT2D eigenvalue weighted by atomic mass is 16.5. The van der Waals surface area contributed by atoms with Crippen LogP contribution >= 0.6 is 0 Å². The molecule has 1 amide bonds. The minimum Gasteiger partial charge on any atom is -0.493 e. The van der Waals surface area contributed by atoms with E-state index in [0.29, 0.717) is 43.5 Å². The summed E-state index contributed by atoms with van der Waals surface area (Å²) < 4.78 is 11.2. The van der Waals surface area contributed by atoms with Crippen LogP contribution in [0.5, 0.6) is 5.75 Å². The van der Waals surface area contributed by atoms with Crippen molar-refractivity contribution in [1.82, 2.24) is 20.5 Å². The Morgan fingerprint density at radius 1 is 1.18 bits per heavy atom. The zero-order valence-corrected chi connectivity index (χ0v) is 19.0. The number of carbonyl (C=O) groups excluding carboxylic acids is 1. The quantitative estimate of drug-likeness (QED) is 0.566. The first-order valence-electron chi connectivity index (χ1n) is 11.2. The minimum atomic E-state index is -0.209. The smallest absolute Gasteiger partial charge is 0.253 e. The van der Waals surface area contributed by atoms with E-state index in [2.05, 4.69) is 39.2 Å². The van der Waals surface area contributed by atoms with Gasteiger partial charge in [-0.05, 0) is 42.3 Å². The number of carbonyl (C=O) groups is 1. The summed E-state index contributed by atoms with van der Waals surface area (Å²) >= 11 is 0. The lowest BCUT2D eigenvalue weighted by atomic mass is 10.1. The van der Waals surface area contributed by atoms with Gasteiger partial charge >= 0.3 is 0 Å². The molecule has 0 unspecified atom stereocenters. The van der Waals surface area contributed by atoms with Gasteiger partial charge in [0.1, 0.15) is 11.6 Å². The molecule has 3 aromatic rings. The molecule has 0 bridgehead atoms. The van der Waals surface area contributed by atoms with E-state index in [-0.39, 0.29) is 5.91 Å². The number of morpholine rings is 1. The van der Waals surface area contributed by atoms with E-state index < -0.39 is 0 Å². The highest BCUT2D eigenvalue weighted by molar-refractivity contribution is 5.94. The Kier molecular flexibility index (Phi) is 7.47. The number of nitrogens with zero attached hydrogens (tertiary/aromatic N) is 4. The van der Waals surface area contributed by atoms with E-state index in [1.165, 1.54) is 6.20 Å². The van der Waals surface area contributed by atoms with E-state index in [9.17, 15) is 4.79 Å². The van der Waals surface area contributed by atoms with Crippen LogP contribution < -0.4 is 15.0 Å². The van der Waals surface area contributed by atoms with E-state index in [4.69, 9.17) is 9.47 Å². The lowest BCUT2D eigenvalue weighted by molar-refractivity contribution is 0.0950. The molecule has 1 aromatic carbocycles. The van der Waals surface area contributed by atoms with Crippen LogP contribution in [0.2, 0.25) is 0 Å². The first kappa shape index (κ1) is 22.7. The summed E-state index contributed by atoms with van der Waals surface area (Å²) in [6.45, 7) is 8.19. The summed E-state index contributed by atoms with van der Waals surface area (Å²) in [5, 5.41) is 11.2. The fourth-order valence-electron chi connectivity index (χ4n) is 3.52.